The molecule has 2 aromatic heterocycles. The molecular weight excluding hydrogens is 368 g/mol. The lowest BCUT2D eigenvalue weighted by molar-refractivity contribution is 0.246. The molecule has 2 N–H and O–H groups in total. The molecule has 8 nitrogen and oxygen atoms in total. The standard InChI is InChI=1S/C21H26N6O2/c1-14-11-19(26(3)24-14)27-9-4-5-17(13-27)23-21(29)22-16-7-6-15-8-10-25(2)20(28)18(15)12-16/h6-8,10-12,17H,4-5,9,13H2,1-3H3,(H2,22,23,29). The van der Waals surface area contributed by atoms with Crippen molar-refractivity contribution < 1.29 is 4.79 Å². The molecule has 0 saturated carbocycles. The van der Waals surface area contributed by atoms with E-state index < -0.39 is 0 Å². The van der Waals surface area contributed by atoms with E-state index in [-0.39, 0.29) is 17.6 Å². The zero-order chi connectivity index (χ0) is 20.5. The minimum Gasteiger partial charge on any atom is -0.355 e. The molecule has 1 saturated heterocycles. The van der Waals surface area contributed by atoms with Crippen molar-refractivity contribution >= 4 is 28.3 Å². The maximum atomic E-state index is 12.5. The normalized spacial score (nSPS) is 16.8. The van der Waals surface area contributed by atoms with Crippen molar-refractivity contribution in [1.29, 1.82) is 0 Å². The van der Waals surface area contributed by atoms with Crippen molar-refractivity contribution in [3.8, 4) is 0 Å². The van der Waals surface area contributed by atoms with Crippen LogP contribution in [0.2, 0.25) is 0 Å². The second-order valence-corrected chi connectivity index (χ2v) is 7.68. The van der Waals surface area contributed by atoms with Crippen LogP contribution in [0.5, 0.6) is 0 Å². The van der Waals surface area contributed by atoms with Gasteiger partial charge in [-0.25, -0.2) is 4.79 Å². The Morgan fingerprint density at radius 3 is 2.79 bits per heavy atom. The first-order valence-electron chi connectivity index (χ1n) is 9.83. The van der Waals surface area contributed by atoms with E-state index in [9.17, 15) is 9.59 Å². The van der Waals surface area contributed by atoms with Crippen molar-refractivity contribution in [3.05, 3.63) is 52.6 Å². The van der Waals surface area contributed by atoms with Crippen LogP contribution in [0.4, 0.5) is 16.3 Å². The maximum Gasteiger partial charge on any atom is 0.319 e. The third-order valence-electron chi connectivity index (χ3n) is 5.40. The molecule has 0 spiro atoms. The van der Waals surface area contributed by atoms with E-state index in [0.29, 0.717) is 11.1 Å². The van der Waals surface area contributed by atoms with Crippen LogP contribution in [0.25, 0.3) is 10.8 Å². The number of rotatable bonds is 3. The van der Waals surface area contributed by atoms with E-state index in [1.807, 2.05) is 36.9 Å². The lowest BCUT2D eigenvalue weighted by atomic mass is 10.1. The minimum atomic E-state index is -0.259. The number of hydrogen-bond acceptors (Lipinski definition) is 4. The van der Waals surface area contributed by atoms with Gasteiger partial charge in [0.25, 0.3) is 5.56 Å². The molecule has 1 aromatic carbocycles. The molecule has 0 bridgehead atoms. The number of nitrogens with zero attached hydrogens (tertiary/aromatic N) is 4. The lowest BCUT2D eigenvalue weighted by Crippen LogP contribution is -2.49. The molecule has 0 radical (unpaired) electrons. The Morgan fingerprint density at radius 1 is 1.21 bits per heavy atom. The van der Waals surface area contributed by atoms with Crippen LogP contribution in [-0.2, 0) is 14.1 Å². The summed E-state index contributed by atoms with van der Waals surface area (Å²) in [5.74, 6) is 1.07. The van der Waals surface area contributed by atoms with Gasteiger partial charge in [-0.2, -0.15) is 5.10 Å². The van der Waals surface area contributed by atoms with Crippen LogP contribution in [0, 0.1) is 6.92 Å². The van der Waals surface area contributed by atoms with Gasteiger partial charge in [-0.3, -0.25) is 9.48 Å². The van der Waals surface area contributed by atoms with Crippen LogP contribution >= 0.6 is 0 Å². The predicted molar refractivity (Wildman–Crippen MR) is 115 cm³/mol. The second kappa shape index (κ2) is 7.62. The van der Waals surface area contributed by atoms with Gasteiger partial charge in [0.1, 0.15) is 5.82 Å². The molecule has 8 heteroatoms. The van der Waals surface area contributed by atoms with Crippen molar-refractivity contribution in [3.63, 3.8) is 0 Å². The summed E-state index contributed by atoms with van der Waals surface area (Å²) in [4.78, 5) is 27.1. The monoisotopic (exact) mass is 394 g/mol. The zero-order valence-corrected chi connectivity index (χ0v) is 17.0. The Hall–Kier alpha value is -3.29. The van der Waals surface area contributed by atoms with Gasteiger partial charge in [-0.1, -0.05) is 6.07 Å². The van der Waals surface area contributed by atoms with Gasteiger partial charge in [0.05, 0.1) is 5.69 Å². The topological polar surface area (TPSA) is 84.2 Å². The first-order valence-corrected chi connectivity index (χ1v) is 9.83. The van der Waals surface area contributed by atoms with Gasteiger partial charge in [-0.15, -0.1) is 0 Å². The van der Waals surface area contributed by atoms with E-state index in [1.54, 1.807) is 19.3 Å². The average molecular weight is 394 g/mol. The SMILES string of the molecule is Cc1cc(N2CCCC(NC(=O)Nc3ccc4ccn(C)c(=O)c4c3)C2)n(C)n1. The van der Waals surface area contributed by atoms with Crippen molar-refractivity contribution in [2.75, 3.05) is 23.3 Å². The van der Waals surface area contributed by atoms with E-state index in [1.165, 1.54) is 4.57 Å². The molecule has 1 aliphatic heterocycles. The molecule has 0 aliphatic carbocycles. The fraction of sp³-hybridized carbons (Fsp3) is 0.381. The van der Waals surface area contributed by atoms with Crippen molar-refractivity contribution in [2.45, 2.75) is 25.8 Å². The first kappa shape index (κ1) is 19.0. The van der Waals surface area contributed by atoms with Crippen LogP contribution in [0.15, 0.2) is 41.3 Å². The maximum absolute atomic E-state index is 12.5. The molecule has 1 atom stereocenters. The van der Waals surface area contributed by atoms with Gasteiger partial charge in [0, 0.05) is 56.6 Å². The van der Waals surface area contributed by atoms with Gasteiger partial charge in [-0.05, 0) is 43.4 Å². The van der Waals surface area contributed by atoms with Crippen LogP contribution in [0.3, 0.4) is 0 Å². The molecule has 4 rings (SSSR count). The Morgan fingerprint density at radius 2 is 2.03 bits per heavy atom. The average Bonchev–Trinajstić information content (AvgIpc) is 3.03. The lowest BCUT2D eigenvalue weighted by Gasteiger charge is -2.34. The first-order chi connectivity index (χ1) is 13.9. The summed E-state index contributed by atoms with van der Waals surface area (Å²) in [6.45, 7) is 3.67. The van der Waals surface area contributed by atoms with Crippen molar-refractivity contribution in [2.24, 2.45) is 14.1 Å². The summed E-state index contributed by atoms with van der Waals surface area (Å²) >= 11 is 0. The molecule has 1 fully saturated rings. The molecule has 152 valence electrons. The summed E-state index contributed by atoms with van der Waals surface area (Å²) in [6.07, 6.45) is 3.67. The number of carbonyl (C=O) groups excluding carboxylic acids is 1. The summed E-state index contributed by atoms with van der Waals surface area (Å²) in [5.41, 5.74) is 1.51. The number of aryl methyl sites for hydroxylation is 3. The van der Waals surface area contributed by atoms with Gasteiger partial charge in [0.15, 0.2) is 0 Å². The van der Waals surface area contributed by atoms with Crippen LogP contribution in [0.1, 0.15) is 18.5 Å². The Labute approximate surface area is 169 Å². The fourth-order valence-corrected chi connectivity index (χ4v) is 3.96. The smallest absolute Gasteiger partial charge is 0.319 e. The number of aromatic nitrogens is 3. The van der Waals surface area contributed by atoms with Gasteiger partial charge in [0.2, 0.25) is 0 Å². The molecule has 1 unspecified atom stereocenters. The quantitative estimate of drug-likeness (QED) is 0.714. The summed E-state index contributed by atoms with van der Waals surface area (Å²) in [6, 6.07) is 9.13. The third kappa shape index (κ3) is 3.96. The van der Waals surface area contributed by atoms with Gasteiger partial charge < -0.3 is 20.1 Å². The number of piperidine rings is 1. The number of anilines is 2. The number of amides is 2. The highest BCUT2D eigenvalue weighted by atomic mass is 16.2. The largest absolute Gasteiger partial charge is 0.355 e. The number of carbonyl (C=O) groups is 1. The van der Waals surface area contributed by atoms with E-state index in [2.05, 4.69) is 26.7 Å². The summed E-state index contributed by atoms with van der Waals surface area (Å²) in [5, 5.41) is 11.8. The molecule has 2 amide bonds. The van der Waals surface area contributed by atoms with E-state index >= 15 is 0 Å². The van der Waals surface area contributed by atoms with Crippen LogP contribution in [-0.4, -0.2) is 39.5 Å². The number of fused-ring (bicyclic) bond motifs is 1. The molecule has 1 aliphatic rings. The van der Waals surface area contributed by atoms with E-state index in [4.69, 9.17) is 0 Å². The van der Waals surface area contributed by atoms with Crippen LogP contribution < -0.4 is 21.1 Å². The highest BCUT2D eigenvalue weighted by Gasteiger charge is 2.23. The molecule has 3 aromatic rings. The molecular formula is C21H26N6O2. The van der Waals surface area contributed by atoms with Gasteiger partial charge >= 0.3 is 6.03 Å². The molecule has 29 heavy (non-hydrogen) atoms. The Kier molecular flexibility index (Phi) is 5.00. The Balaban J connectivity index is 1.43. The number of nitrogens with one attached hydrogen (secondary N) is 2. The summed E-state index contributed by atoms with van der Waals surface area (Å²) in [7, 11) is 3.66. The van der Waals surface area contributed by atoms with E-state index in [0.717, 1.165) is 42.8 Å². The highest BCUT2D eigenvalue weighted by molar-refractivity contribution is 5.93. The number of benzene rings is 1. The number of pyridine rings is 1. The third-order valence-corrected chi connectivity index (χ3v) is 5.40. The molecule has 3 heterocycles. The minimum absolute atomic E-state index is 0.0484. The number of urea groups is 1. The summed E-state index contributed by atoms with van der Waals surface area (Å²) < 4.78 is 3.41. The second-order valence-electron chi connectivity index (χ2n) is 7.68. The Bertz CT molecular complexity index is 1120. The number of hydrogen-bond donors (Lipinski definition) is 2. The fourth-order valence-electron chi connectivity index (χ4n) is 3.96. The highest BCUT2D eigenvalue weighted by Crippen LogP contribution is 2.21. The zero-order valence-electron chi connectivity index (χ0n) is 17.0. The van der Waals surface area contributed by atoms with Crippen molar-refractivity contribution in [1.82, 2.24) is 19.7 Å². The predicted octanol–water partition coefficient (Wildman–Crippen LogP) is 2.37.